The third-order valence-corrected chi connectivity index (χ3v) is 5.48. The van der Waals surface area contributed by atoms with Crippen LogP contribution in [0.2, 0.25) is 0 Å². The van der Waals surface area contributed by atoms with Gasteiger partial charge in [-0.2, -0.15) is 18.2 Å². The minimum Gasteiger partial charge on any atom is -0.334 e. The molecule has 7 heteroatoms. The molecule has 0 aliphatic rings. The number of nitrogens with one attached hydrogen (secondary N) is 1. The van der Waals surface area contributed by atoms with E-state index in [1.54, 1.807) is 6.07 Å². The fourth-order valence-electron chi connectivity index (χ4n) is 3.60. The van der Waals surface area contributed by atoms with Gasteiger partial charge in [0.05, 0.1) is 11.6 Å². The lowest BCUT2D eigenvalue weighted by molar-refractivity contribution is -0.137. The van der Waals surface area contributed by atoms with Crippen molar-refractivity contribution in [2.75, 3.05) is 0 Å². The Morgan fingerprint density at radius 2 is 1.69 bits per heavy atom. The van der Waals surface area contributed by atoms with Gasteiger partial charge in [-0.25, -0.2) is 5.73 Å². The number of aromatic nitrogens is 2. The van der Waals surface area contributed by atoms with Gasteiger partial charge in [-0.3, -0.25) is 0 Å². The van der Waals surface area contributed by atoms with Gasteiger partial charge in [0.2, 0.25) is 0 Å². The number of hydrogen-bond acceptors (Lipinski definition) is 3. The second kappa shape index (κ2) is 11.3. The van der Waals surface area contributed by atoms with Crippen LogP contribution in [0.25, 0.3) is 11.5 Å². The molecule has 0 saturated heterocycles. The minimum absolute atomic E-state index is 0.314. The van der Waals surface area contributed by atoms with Gasteiger partial charge in [0.15, 0.2) is 5.82 Å². The van der Waals surface area contributed by atoms with Crippen LogP contribution in [-0.4, -0.2) is 10.1 Å². The van der Waals surface area contributed by atoms with Crippen molar-refractivity contribution >= 4 is 0 Å². The fourth-order valence-corrected chi connectivity index (χ4v) is 3.60. The van der Waals surface area contributed by atoms with Crippen LogP contribution in [0.15, 0.2) is 53.1 Å². The molecule has 2 aromatic carbocycles. The van der Waals surface area contributed by atoms with Gasteiger partial charge in [-0.05, 0) is 48.2 Å². The summed E-state index contributed by atoms with van der Waals surface area (Å²) in [6, 6.07) is 11.6. The number of aryl methyl sites for hydroxylation is 1. The van der Waals surface area contributed by atoms with E-state index >= 15 is 0 Å². The van der Waals surface area contributed by atoms with Gasteiger partial charge < -0.3 is 4.52 Å². The molecule has 171 valence electrons. The van der Waals surface area contributed by atoms with E-state index in [4.69, 9.17) is 10.3 Å². The Bertz CT molecular complexity index is 967. The lowest BCUT2D eigenvalue weighted by Gasteiger charge is -2.14. The minimum atomic E-state index is -4.41. The topological polar surface area (TPSA) is 62.7 Å². The molecule has 1 atom stereocenters. The monoisotopic (exact) mass is 444 g/mol. The number of rotatable bonds is 11. The van der Waals surface area contributed by atoms with Crippen molar-refractivity contribution < 1.29 is 17.7 Å². The third-order valence-electron chi connectivity index (χ3n) is 5.48. The molecule has 1 radical (unpaired) electrons. The Kier molecular flexibility index (Phi) is 8.45. The highest BCUT2D eigenvalue weighted by Gasteiger charge is 2.30. The summed E-state index contributed by atoms with van der Waals surface area (Å²) < 4.78 is 44.1. The average Bonchev–Trinajstić information content (AvgIpc) is 3.25. The molecule has 0 aliphatic carbocycles. The summed E-state index contributed by atoms with van der Waals surface area (Å²) in [6.45, 7) is 2.20. The van der Waals surface area contributed by atoms with Crippen molar-refractivity contribution in [3.63, 3.8) is 0 Å². The van der Waals surface area contributed by atoms with E-state index in [9.17, 15) is 13.2 Å². The molecule has 1 N–H and O–H groups in total. The highest BCUT2D eigenvalue weighted by Crippen LogP contribution is 2.31. The first-order chi connectivity index (χ1) is 15.4. The van der Waals surface area contributed by atoms with Crippen LogP contribution in [-0.2, 0) is 19.0 Å². The van der Waals surface area contributed by atoms with Crippen molar-refractivity contribution in [1.82, 2.24) is 15.9 Å². The molecule has 4 nitrogen and oxygen atoms in total. The van der Waals surface area contributed by atoms with Crippen LogP contribution in [0.5, 0.6) is 0 Å². The van der Waals surface area contributed by atoms with Crippen molar-refractivity contribution in [3.8, 4) is 11.5 Å². The fraction of sp³-hybridized carbons (Fsp3) is 0.440. The van der Waals surface area contributed by atoms with Crippen LogP contribution < -0.4 is 5.73 Å². The van der Waals surface area contributed by atoms with E-state index in [0.717, 1.165) is 36.1 Å². The first-order valence-electron chi connectivity index (χ1n) is 11.2. The first-order valence-corrected chi connectivity index (χ1v) is 11.2. The zero-order valence-corrected chi connectivity index (χ0v) is 18.3. The van der Waals surface area contributed by atoms with Crippen molar-refractivity contribution in [2.24, 2.45) is 0 Å². The van der Waals surface area contributed by atoms with Crippen molar-refractivity contribution in [2.45, 2.75) is 70.5 Å². The molecule has 1 aromatic heterocycles. The van der Waals surface area contributed by atoms with Crippen LogP contribution in [0.3, 0.4) is 0 Å². The normalized spacial score (nSPS) is 12.8. The van der Waals surface area contributed by atoms with E-state index in [-0.39, 0.29) is 0 Å². The highest BCUT2D eigenvalue weighted by atomic mass is 19.4. The lowest BCUT2D eigenvalue weighted by atomic mass is 9.97. The molecule has 32 heavy (non-hydrogen) atoms. The number of hydrogen-bond donors (Lipinski definition) is 0. The Morgan fingerprint density at radius 1 is 0.969 bits per heavy atom. The molecule has 1 unspecified atom stereocenters. The molecular formula is C25H29F3N3O. The third kappa shape index (κ3) is 6.92. The molecule has 0 spiro atoms. The van der Waals surface area contributed by atoms with Gasteiger partial charge in [-0.1, -0.05) is 68.4 Å². The lowest BCUT2D eigenvalue weighted by Crippen LogP contribution is -2.08. The summed E-state index contributed by atoms with van der Waals surface area (Å²) in [5.74, 6) is 1.16. The number of alkyl halides is 3. The van der Waals surface area contributed by atoms with Gasteiger partial charge in [0, 0.05) is 12.0 Å². The Morgan fingerprint density at radius 3 is 2.41 bits per heavy atom. The number of halogens is 3. The van der Waals surface area contributed by atoms with E-state index in [1.807, 2.05) is 24.3 Å². The van der Waals surface area contributed by atoms with Crippen LogP contribution in [0.1, 0.15) is 74.0 Å². The maximum atomic E-state index is 12.9. The summed E-state index contributed by atoms with van der Waals surface area (Å²) in [6.07, 6.45) is 3.94. The SMILES string of the molecule is CCCCCCCCc1noc(-c2ccc(CC([NH])c3cccc(C(F)(F)F)c3)cc2)n1. The van der Waals surface area contributed by atoms with E-state index in [0.29, 0.717) is 23.7 Å². The quantitative estimate of drug-likeness (QED) is 0.293. The molecule has 1 heterocycles. The van der Waals surface area contributed by atoms with Crippen LogP contribution >= 0.6 is 0 Å². The number of nitrogens with zero attached hydrogens (tertiary/aromatic N) is 2. The standard InChI is InChI=1S/C25H29F3N3O/c1-2-3-4-5-6-7-11-23-30-24(32-31-23)19-14-12-18(13-15-19)16-22(29)20-9-8-10-21(17-20)25(26,27)28/h8-10,12-15,17,22,29H,2-7,11,16H2,1H3. The summed E-state index contributed by atoms with van der Waals surface area (Å²) in [4.78, 5) is 4.46. The summed E-state index contributed by atoms with van der Waals surface area (Å²) in [5.41, 5.74) is 9.55. The predicted molar refractivity (Wildman–Crippen MR) is 118 cm³/mol. The Hall–Kier alpha value is -2.67. The van der Waals surface area contributed by atoms with Crippen molar-refractivity contribution in [3.05, 3.63) is 71.0 Å². The van der Waals surface area contributed by atoms with Crippen LogP contribution in [0, 0.1) is 0 Å². The summed E-state index contributed by atoms with van der Waals surface area (Å²) in [5, 5.41) is 4.06. The Labute approximate surface area is 187 Å². The zero-order chi connectivity index (χ0) is 23.0. The largest absolute Gasteiger partial charge is 0.416 e. The molecule has 0 aliphatic heterocycles. The second-order valence-electron chi connectivity index (χ2n) is 8.11. The van der Waals surface area contributed by atoms with Crippen LogP contribution in [0.4, 0.5) is 13.2 Å². The second-order valence-corrected chi connectivity index (χ2v) is 8.11. The van der Waals surface area contributed by atoms with Gasteiger partial charge in [-0.15, -0.1) is 0 Å². The summed E-state index contributed by atoms with van der Waals surface area (Å²) >= 11 is 0. The predicted octanol–water partition coefficient (Wildman–Crippen LogP) is 7.23. The van der Waals surface area contributed by atoms with Gasteiger partial charge in [0.25, 0.3) is 5.89 Å². The first kappa shape index (κ1) is 24.0. The maximum absolute atomic E-state index is 12.9. The molecule has 3 aromatic rings. The molecule has 0 saturated carbocycles. The highest BCUT2D eigenvalue weighted by molar-refractivity contribution is 5.53. The number of unbranched alkanes of at least 4 members (excludes halogenated alkanes) is 5. The molecule has 0 fully saturated rings. The molecule has 3 rings (SSSR count). The van der Waals surface area contributed by atoms with Gasteiger partial charge in [0.1, 0.15) is 0 Å². The summed E-state index contributed by atoms with van der Waals surface area (Å²) in [7, 11) is 0. The smallest absolute Gasteiger partial charge is 0.334 e. The Balaban J connectivity index is 1.55. The van der Waals surface area contributed by atoms with E-state index in [2.05, 4.69) is 17.1 Å². The van der Waals surface area contributed by atoms with Gasteiger partial charge >= 0.3 is 6.18 Å². The van der Waals surface area contributed by atoms with E-state index in [1.165, 1.54) is 38.2 Å². The average molecular weight is 445 g/mol. The maximum Gasteiger partial charge on any atom is 0.416 e. The van der Waals surface area contributed by atoms with Crippen molar-refractivity contribution in [1.29, 1.82) is 0 Å². The molecule has 0 bridgehead atoms. The molecular weight excluding hydrogens is 415 g/mol. The number of benzene rings is 2. The molecule has 0 amide bonds. The van der Waals surface area contributed by atoms with E-state index < -0.39 is 17.8 Å². The zero-order valence-electron chi connectivity index (χ0n) is 18.3.